The molecule has 5 heteroatoms. The first-order valence-electron chi connectivity index (χ1n) is 8.10. The smallest absolute Gasteiger partial charge is 0.251 e. The van der Waals surface area contributed by atoms with E-state index >= 15 is 0 Å². The summed E-state index contributed by atoms with van der Waals surface area (Å²) in [6, 6.07) is 15.1. The van der Waals surface area contributed by atoms with Crippen LogP contribution in [0.3, 0.4) is 0 Å². The van der Waals surface area contributed by atoms with Gasteiger partial charge in [0.2, 0.25) is 0 Å². The van der Waals surface area contributed by atoms with Crippen LogP contribution in [0.15, 0.2) is 53.1 Å². The van der Waals surface area contributed by atoms with Crippen molar-refractivity contribution in [1.82, 2.24) is 10.5 Å². The predicted molar refractivity (Wildman–Crippen MR) is 92.9 cm³/mol. The highest BCUT2D eigenvalue weighted by Crippen LogP contribution is 2.29. The molecule has 0 aliphatic rings. The third-order valence-corrected chi connectivity index (χ3v) is 3.73. The van der Waals surface area contributed by atoms with Crippen molar-refractivity contribution >= 4 is 16.8 Å². The number of carbonyl (C=O) groups is 1. The minimum absolute atomic E-state index is 0.103. The molecule has 0 radical (unpaired) electrons. The average Bonchev–Trinajstić information content (AvgIpc) is 3.05. The van der Waals surface area contributed by atoms with Gasteiger partial charge in [0.15, 0.2) is 5.76 Å². The highest BCUT2D eigenvalue weighted by molar-refractivity contribution is 6.00. The van der Waals surface area contributed by atoms with Crippen molar-refractivity contribution in [3.8, 4) is 11.3 Å². The highest BCUT2D eigenvalue weighted by Gasteiger charge is 2.13. The van der Waals surface area contributed by atoms with Crippen LogP contribution in [0.2, 0.25) is 0 Å². The molecule has 0 atom stereocenters. The van der Waals surface area contributed by atoms with E-state index in [2.05, 4.69) is 10.5 Å². The van der Waals surface area contributed by atoms with Gasteiger partial charge in [0.1, 0.15) is 5.52 Å². The molecule has 0 aliphatic carbocycles. The minimum Gasteiger partial charge on any atom is -0.382 e. The Labute approximate surface area is 140 Å². The molecule has 2 aromatic carbocycles. The second-order valence-electron chi connectivity index (χ2n) is 5.42. The standard InChI is InChI=1S/C19H20N2O3/c1-2-23-12-6-11-20-19(22)15-9-10-17-16(13-15)18(24-21-17)14-7-4-3-5-8-14/h3-5,7-10,13H,2,6,11-12H2,1H3,(H,20,22). The van der Waals surface area contributed by atoms with Crippen molar-refractivity contribution in [2.75, 3.05) is 19.8 Å². The Morgan fingerprint density at radius 3 is 2.83 bits per heavy atom. The van der Waals surface area contributed by atoms with E-state index in [0.717, 1.165) is 22.9 Å². The zero-order valence-electron chi connectivity index (χ0n) is 13.6. The van der Waals surface area contributed by atoms with Crippen LogP contribution < -0.4 is 5.32 Å². The number of ether oxygens (including phenoxy) is 1. The number of carbonyl (C=O) groups excluding carboxylic acids is 1. The molecule has 1 heterocycles. The fraction of sp³-hybridized carbons (Fsp3) is 0.263. The normalized spacial score (nSPS) is 10.9. The van der Waals surface area contributed by atoms with Gasteiger partial charge in [0.05, 0.1) is 5.39 Å². The van der Waals surface area contributed by atoms with Crippen LogP contribution in [0.25, 0.3) is 22.2 Å². The van der Waals surface area contributed by atoms with E-state index in [1.54, 1.807) is 12.1 Å². The van der Waals surface area contributed by atoms with Crippen molar-refractivity contribution in [3.05, 3.63) is 54.1 Å². The zero-order chi connectivity index (χ0) is 16.8. The van der Waals surface area contributed by atoms with Gasteiger partial charge in [-0.3, -0.25) is 4.79 Å². The van der Waals surface area contributed by atoms with Crippen molar-refractivity contribution < 1.29 is 14.1 Å². The Kier molecular flexibility index (Phi) is 5.23. The summed E-state index contributed by atoms with van der Waals surface area (Å²) in [4.78, 5) is 12.3. The Bertz CT molecular complexity index is 812. The molecule has 0 fully saturated rings. The molecule has 24 heavy (non-hydrogen) atoms. The van der Waals surface area contributed by atoms with Crippen LogP contribution in [0, 0.1) is 0 Å². The molecule has 3 rings (SSSR count). The molecule has 3 aromatic rings. The summed E-state index contributed by atoms with van der Waals surface area (Å²) in [5.41, 5.74) is 2.27. The van der Waals surface area contributed by atoms with Crippen molar-refractivity contribution in [1.29, 1.82) is 0 Å². The molecule has 0 spiro atoms. The van der Waals surface area contributed by atoms with E-state index in [1.165, 1.54) is 0 Å². The molecule has 5 nitrogen and oxygen atoms in total. The Hall–Kier alpha value is -2.66. The van der Waals surface area contributed by atoms with Gasteiger partial charge in [-0.2, -0.15) is 0 Å². The lowest BCUT2D eigenvalue weighted by Gasteiger charge is -2.05. The number of amides is 1. The lowest BCUT2D eigenvalue weighted by molar-refractivity contribution is 0.0944. The van der Waals surface area contributed by atoms with E-state index < -0.39 is 0 Å². The molecule has 1 N–H and O–H groups in total. The molecule has 0 bridgehead atoms. The lowest BCUT2D eigenvalue weighted by Crippen LogP contribution is -2.25. The number of benzene rings is 2. The van der Waals surface area contributed by atoms with Crippen molar-refractivity contribution in [2.45, 2.75) is 13.3 Å². The van der Waals surface area contributed by atoms with Gasteiger partial charge in [0, 0.05) is 30.9 Å². The molecular weight excluding hydrogens is 304 g/mol. The van der Waals surface area contributed by atoms with Gasteiger partial charge in [0.25, 0.3) is 5.91 Å². The Morgan fingerprint density at radius 1 is 1.21 bits per heavy atom. The zero-order valence-corrected chi connectivity index (χ0v) is 13.6. The fourth-order valence-electron chi connectivity index (χ4n) is 2.50. The lowest BCUT2D eigenvalue weighted by atomic mass is 10.1. The molecule has 0 saturated heterocycles. The molecule has 1 amide bonds. The molecular formula is C19H20N2O3. The Morgan fingerprint density at radius 2 is 2.04 bits per heavy atom. The van der Waals surface area contributed by atoms with E-state index in [9.17, 15) is 4.79 Å². The number of rotatable bonds is 7. The van der Waals surface area contributed by atoms with Crippen LogP contribution in [-0.4, -0.2) is 30.8 Å². The number of nitrogens with zero attached hydrogens (tertiary/aromatic N) is 1. The molecule has 0 aliphatic heterocycles. The molecule has 0 unspecified atom stereocenters. The van der Waals surface area contributed by atoms with Gasteiger partial charge in [-0.05, 0) is 31.5 Å². The topological polar surface area (TPSA) is 64.4 Å². The summed E-state index contributed by atoms with van der Waals surface area (Å²) in [5.74, 6) is 0.574. The summed E-state index contributed by atoms with van der Waals surface area (Å²) in [6.45, 7) is 3.89. The van der Waals surface area contributed by atoms with Crippen molar-refractivity contribution in [2.24, 2.45) is 0 Å². The van der Waals surface area contributed by atoms with E-state index in [-0.39, 0.29) is 5.91 Å². The van der Waals surface area contributed by atoms with Crippen LogP contribution in [-0.2, 0) is 4.74 Å². The largest absolute Gasteiger partial charge is 0.382 e. The number of nitrogens with one attached hydrogen (secondary N) is 1. The SMILES string of the molecule is CCOCCCNC(=O)c1ccc2noc(-c3ccccc3)c2c1. The minimum atomic E-state index is -0.103. The van der Waals surface area contributed by atoms with E-state index in [0.29, 0.717) is 31.1 Å². The van der Waals surface area contributed by atoms with Gasteiger partial charge in [-0.25, -0.2) is 0 Å². The Balaban J connectivity index is 1.77. The first-order valence-corrected chi connectivity index (χ1v) is 8.10. The van der Waals surface area contributed by atoms with Gasteiger partial charge >= 0.3 is 0 Å². The van der Waals surface area contributed by atoms with Crippen molar-refractivity contribution in [3.63, 3.8) is 0 Å². The summed E-state index contributed by atoms with van der Waals surface area (Å²) >= 11 is 0. The second kappa shape index (κ2) is 7.75. The quantitative estimate of drug-likeness (QED) is 0.674. The summed E-state index contributed by atoms with van der Waals surface area (Å²) < 4.78 is 10.7. The first kappa shape index (κ1) is 16.2. The monoisotopic (exact) mass is 324 g/mol. The average molecular weight is 324 g/mol. The number of fused-ring (bicyclic) bond motifs is 1. The summed E-state index contributed by atoms with van der Waals surface area (Å²) in [6.07, 6.45) is 0.796. The van der Waals surface area contributed by atoms with E-state index in [4.69, 9.17) is 9.26 Å². The van der Waals surface area contributed by atoms with Gasteiger partial charge in [-0.15, -0.1) is 0 Å². The maximum atomic E-state index is 12.3. The predicted octanol–water partition coefficient (Wildman–Crippen LogP) is 3.65. The first-order chi connectivity index (χ1) is 11.8. The fourth-order valence-corrected chi connectivity index (χ4v) is 2.50. The summed E-state index contributed by atoms with van der Waals surface area (Å²) in [5, 5.41) is 7.81. The number of aromatic nitrogens is 1. The number of hydrogen-bond donors (Lipinski definition) is 1. The van der Waals surface area contributed by atoms with E-state index in [1.807, 2.05) is 43.3 Å². The van der Waals surface area contributed by atoms with Crippen LogP contribution in [0.4, 0.5) is 0 Å². The van der Waals surface area contributed by atoms with Crippen LogP contribution in [0.5, 0.6) is 0 Å². The highest BCUT2D eigenvalue weighted by atomic mass is 16.5. The van der Waals surface area contributed by atoms with Crippen LogP contribution >= 0.6 is 0 Å². The third-order valence-electron chi connectivity index (χ3n) is 3.73. The second-order valence-corrected chi connectivity index (χ2v) is 5.42. The maximum Gasteiger partial charge on any atom is 0.251 e. The third kappa shape index (κ3) is 3.63. The number of hydrogen-bond acceptors (Lipinski definition) is 4. The molecule has 0 saturated carbocycles. The molecule has 124 valence electrons. The maximum absolute atomic E-state index is 12.3. The summed E-state index contributed by atoms with van der Waals surface area (Å²) in [7, 11) is 0. The van der Waals surface area contributed by atoms with Gasteiger partial charge in [-0.1, -0.05) is 35.5 Å². The van der Waals surface area contributed by atoms with Gasteiger partial charge < -0.3 is 14.6 Å². The molecule has 1 aromatic heterocycles. The van der Waals surface area contributed by atoms with Crippen LogP contribution in [0.1, 0.15) is 23.7 Å².